The molecule has 0 amide bonds. The minimum absolute atomic E-state index is 0.0427. The molecule has 0 aromatic carbocycles. The molecule has 1 aromatic rings. The zero-order valence-corrected chi connectivity index (χ0v) is 9.48. The van der Waals surface area contributed by atoms with Crippen molar-refractivity contribution in [2.24, 2.45) is 7.05 Å². The van der Waals surface area contributed by atoms with Gasteiger partial charge in [0, 0.05) is 24.8 Å². The summed E-state index contributed by atoms with van der Waals surface area (Å²) >= 11 is 5.35. The molecule has 0 atom stereocenters. The molecule has 14 heavy (non-hydrogen) atoms. The molecule has 1 aromatic heterocycles. The van der Waals surface area contributed by atoms with E-state index in [2.05, 4.69) is 4.72 Å². The van der Waals surface area contributed by atoms with Crippen LogP contribution in [-0.4, -0.2) is 24.6 Å². The molecule has 0 unspecified atom stereocenters. The van der Waals surface area contributed by atoms with Gasteiger partial charge in [-0.1, -0.05) is 0 Å². The molecule has 0 aliphatic carbocycles. The third-order valence-corrected chi connectivity index (χ3v) is 3.61. The Labute approximate surface area is 88.9 Å². The summed E-state index contributed by atoms with van der Waals surface area (Å²) in [5.74, 6) is 0.0709. The van der Waals surface area contributed by atoms with Crippen molar-refractivity contribution in [3.8, 4) is 0 Å². The molecule has 0 spiro atoms. The van der Waals surface area contributed by atoms with Gasteiger partial charge < -0.3 is 4.57 Å². The van der Waals surface area contributed by atoms with E-state index in [0.29, 0.717) is 6.54 Å². The van der Waals surface area contributed by atoms with Crippen molar-refractivity contribution < 1.29 is 8.42 Å². The number of sulfonamides is 1. The number of hydrogen-bond donors (Lipinski definition) is 1. The molecule has 4 nitrogen and oxygen atoms in total. The van der Waals surface area contributed by atoms with Gasteiger partial charge in [-0.3, -0.25) is 0 Å². The van der Waals surface area contributed by atoms with Crippen LogP contribution in [0.25, 0.3) is 0 Å². The Morgan fingerprint density at radius 3 is 2.79 bits per heavy atom. The Morgan fingerprint density at radius 1 is 1.57 bits per heavy atom. The number of aryl methyl sites for hydroxylation is 1. The smallest absolute Gasteiger partial charge is 0.213 e. The molecule has 1 rings (SSSR count). The Bertz CT molecular complexity index is 386. The van der Waals surface area contributed by atoms with Gasteiger partial charge in [-0.15, -0.1) is 11.6 Å². The molecular weight excluding hydrogens is 224 g/mol. The minimum Gasteiger partial charge on any atom is -0.353 e. The lowest BCUT2D eigenvalue weighted by Gasteiger charge is -2.05. The van der Waals surface area contributed by atoms with Crippen LogP contribution in [0.5, 0.6) is 0 Å². The summed E-state index contributed by atoms with van der Waals surface area (Å²) in [7, 11) is -1.35. The topological polar surface area (TPSA) is 51.1 Å². The van der Waals surface area contributed by atoms with Crippen molar-refractivity contribution in [2.75, 3.05) is 11.6 Å². The zero-order chi connectivity index (χ0) is 10.6. The molecule has 80 valence electrons. The van der Waals surface area contributed by atoms with E-state index < -0.39 is 10.0 Å². The second-order valence-corrected chi connectivity index (χ2v) is 5.24. The largest absolute Gasteiger partial charge is 0.353 e. The highest BCUT2D eigenvalue weighted by atomic mass is 35.5. The first kappa shape index (κ1) is 11.6. The van der Waals surface area contributed by atoms with Crippen molar-refractivity contribution >= 4 is 21.6 Å². The minimum atomic E-state index is -3.22. The number of rotatable bonds is 5. The molecule has 0 aliphatic rings. The summed E-state index contributed by atoms with van der Waals surface area (Å²) in [5.41, 5.74) is 0.920. The summed E-state index contributed by atoms with van der Waals surface area (Å²) in [6, 6.07) is 3.73. The van der Waals surface area contributed by atoms with E-state index in [1.807, 2.05) is 29.9 Å². The normalized spacial score (nSPS) is 11.9. The maximum absolute atomic E-state index is 11.2. The average molecular weight is 237 g/mol. The third kappa shape index (κ3) is 3.32. The van der Waals surface area contributed by atoms with Crippen molar-refractivity contribution in [2.45, 2.75) is 6.54 Å². The average Bonchev–Trinajstić information content (AvgIpc) is 2.48. The van der Waals surface area contributed by atoms with E-state index in [0.717, 1.165) is 5.69 Å². The molecule has 1 heterocycles. The lowest BCUT2D eigenvalue weighted by atomic mass is 10.4. The molecule has 0 radical (unpaired) electrons. The van der Waals surface area contributed by atoms with Gasteiger partial charge in [-0.05, 0) is 12.1 Å². The predicted octanol–water partition coefficient (Wildman–Crippen LogP) is 0.683. The molecule has 6 heteroatoms. The monoisotopic (exact) mass is 236 g/mol. The molecule has 0 saturated heterocycles. The maximum Gasteiger partial charge on any atom is 0.213 e. The highest BCUT2D eigenvalue weighted by molar-refractivity contribution is 7.89. The first-order chi connectivity index (χ1) is 6.55. The fourth-order valence-electron chi connectivity index (χ4n) is 1.04. The Balaban J connectivity index is 2.53. The third-order valence-electron chi connectivity index (χ3n) is 1.87. The fourth-order valence-corrected chi connectivity index (χ4v) is 2.36. The van der Waals surface area contributed by atoms with Crippen molar-refractivity contribution in [1.29, 1.82) is 0 Å². The highest BCUT2D eigenvalue weighted by Crippen LogP contribution is 1.99. The summed E-state index contributed by atoms with van der Waals surface area (Å²) in [6.07, 6.45) is 1.87. The van der Waals surface area contributed by atoms with Gasteiger partial charge in [-0.2, -0.15) is 0 Å². The first-order valence-corrected chi connectivity index (χ1v) is 6.37. The lowest BCUT2D eigenvalue weighted by molar-refractivity contribution is 0.580. The second kappa shape index (κ2) is 4.82. The summed E-state index contributed by atoms with van der Waals surface area (Å²) in [4.78, 5) is 0. The quantitative estimate of drug-likeness (QED) is 0.765. The van der Waals surface area contributed by atoms with Crippen LogP contribution in [0.2, 0.25) is 0 Å². The van der Waals surface area contributed by atoms with E-state index in [-0.39, 0.29) is 11.6 Å². The molecule has 0 saturated carbocycles. The summed E-state index contributed by atoms with van der Waals surface area (Å²) in [6.45, 7) is 0.308. The molecule has 0 fully saturated rings. The fraction of sp³-hybridized carbons (Fsp3) is 0.500. The van der Waals surface area contributed by atoms with Crippen LogP contribution >= 0.6 is 11.6 Å². The molecule has 1 N–H and O–H groups in total. The van der Waals surface area contributed by atoms with Crippen LogP contribution in [0.1, 0.15) is 5.69 Å². The first-order valence-electron chi connectivity index (χ1n) is 4.18. The number of halogens is 1. The Kier molecular flexibility index (Phi) is 3.97. The van der Waals surface area contributed by atoms with Crippen LogP contribution in [0.4, 0.5) is 0 Å². The predicted molar refractivity (Wildman–Crippen MR) is 56.8 cm³/mol. The molecule has 0 aliphatic heterocycles. The number of alkyl halides is 1. The number of hydrogen-bond acceptors (Lipinski definition) is 2. The van der Waals surface area contributed by atoms with Crippen molar-refractivity contribution in [1.82, 2.24) is 9.29 Å². The van der Waals surface area contributed by atoms with Crippen LogP contribution in [-0.2, 0) is 23.6 Å². The van der Waals surface area contributed by atoms with Gasteiger partial charge in [0.1, 0.15) is 0 Å². The highest BCUT2D eigenvalue weighted by Gasteiger charge is 2.09. The van der Waals surface area contributed by atoms with E-state index in [4.69, 9.17) is 11.6 Å². The maximum atomic E-state index is 11.2. The van der Waals surface area contributed by atoms with E-state index in [1.165, 1.54) is 0 Å². The second-order valence-electron chi connectivity index (χ2n) is 2.94. The Hall–Kier alpha value is -0.520. The summed E-state index contributed by atoms with van der Waals surface area (Å²) < 4.78 is 26.8. The van der Waals surface area contributed by atoms with E-state index in [1.54, 1.807) is 0 Å². The SMILES string of the molecule is Cn1cccc1CNS(=O)(=O)CCCl. The Morgan fingerprint density at radius 2 is 2.29 bits per heavy atom. The van der Waals surface area contributed by atoms with Crippen molar-refractivity contribution in [3.05, 3.63) is 24.0 Å². The van der Waals surface area contributed by atoms with Gasteiger partial charge in [0.05, 0.1) is 12.3 Å². The van der Waals surface area contributed by atoms with Crippen LogP contribution < -0.4 is 4.72 Å². The van der Waals surface area contributed by atoms with Gasteiger partial charge in [0.25, 0.3) is 0 Å². The standard InChI is InChI=1S/C8H13ClN2O2S/c1-11-5-2-3-8(11)7-10-14(12,13)6-4-9/h2-3,5,10H,4,6-7H2,1H3. The van der Waals surface area contributed by atoms with Gasteiger partial charge in [0.2, 0.25) is 10.0 Å². The van der Waals surface area contributed by atoms with E-state index in [9.17, 15) is 8.42 Å². The van der Waals surface area contributed by atoms with E-state index >= 15 is 0 Å². The zero-order valence-electron chi connectivity index (χ0n) is 7.90. The van der Waals surface area contributed by atoms with Gasteiger partial charge in [0.15, 0.2) is 0 Å². The van der Waals surface area contributed by atoms with Gasteiger partial charge in [-0.25, -0.2) is 13.1 Å². The molecule has 0 bridgehead atoms. The van der Waals surface area contributed by atoms with Crippen LogP contribution in [0.3, 0.4) is 0 Å². The lowest BCUT2D eigenvalue weighted by Crippen LogP contribution is -2.27. The summed E-state index contributed by atoms with van der Waals surface area (Å²) in [5, 5.41) is 0. The van der Waals surface area contributed by atoms with Crippen molar-refractivity contribution in [3.63, 3.8) is 0 Å². The van der Waals surface area contributed by atoms with Gasteiger partial charge >= 0.3 is 0 Å². The number of nitrogens with zero attached hydrogens (tertiary/aromatic N) is 1. The number of aromatic nitrogens is 1. The molecular formula is C8H13ClN2O2S. The van der Waals surface area contributed by atoms with Crippen LogP contribution in [0, 0.1) is 0 Å². The number of nitrogens with one attached hydrogen (secondary N) is 1. The van der Waals surface area contributed by atoms with Crippen LogP contribution in [0.15, 0.2) is 18.3 Å².